The molecule has 2 aromatic carbocycles. The van der Waals surface area contributed by atoms with Crippen LogP contribution in [0.4, 0.5) is 0 Å². The Balaban J connectivity index is 1.74. The molecule has 142 valence electrons. The molecule has 1 atom stereocenters. The van der Waals surface area contributed by atoms with Crippen LogP contribution in [0.3, 0.4) is 0 Å². The third-order valence-corrected chi connectivity index (χ3v) is 4.91. The van der Waals surface area contributed by atoms with Crippen LogP contribution in [0.15, 0.2) is 30.3 Å². The van der Waals surface area contributed by atoms with Crippen molar-refractivity contribution in [2.45, 2.75) is 18.9 Å². The molecule has 4 rings (SSSR count). The smallest absolute Gasteiger partial charge is 0.286 e. The van der Waals surface area contributed by atoms with E-state index >= 15 is 0 Å². The summed E-state index contributed by atoms with van der Waals surface area (Å²) in [5, 5.41) is 1.30. The fourth-order valence-electron chi connectivity index (χ4n) is 3.33. The van der Waals surface area contributed by atoms with Crippen LogP contribution in [0, 0.1) is 0 Å². The molecule has 8 nitrogen and oxygen atoms in total. The Morgan fingerprint density at radius 1 is 1.15 bits per heavy atom. The minimum absolute atomic E-state index is 0.0257. The van der Waals surface area contributed by atoms with Gasteiger partial charge in [-0.1, -0.05) is 12.1 Å². The maximum atomic E-state index is 12.6. The number of carbonyl (C=O) groups excluding carboxylic acids is 2. The molecule has 0 N–H and O–H groups in total. The van der Waals surface area contributed by atoms with E-state index in [9.17, 15) is 18.0 Å². The van der Waals surface area contributed by atoms with Gasteiger partial charge in [-0.25, -0.2) is 0 Å². The number of hydrogen-bond acceptors (Lipinski definition) is 7. The largest absolute Gasteiger partial charge is 0.490 e. The van der Waals surface area contributed by atoms with Crippen LogP contribution >= 0.6 is 0 Å². The minimum atomic E-state index is -4.04. The molecular weight excluding hydrogens is 374 g/mol. The summed E-state index contributed by atoms with van der Waals surface area (Å²) in [7, 11) is -4.04. The molecule has 27 heavy (non-hydrogen) atoms. The lowest BCUT2D eigenvalue weighted by molar-refractivity contribution is -0.0149. The van der Waals surface area contributed by atoms with Gasteiger partial charge in [0, 0.05) is 17.4 Å². The lowest BCUT2D eigenvalue weighted by Gasteiger charge is -2.25. The molecule has 1 unspecified atom stereocenters. The molecular formula is C18H17NO7S. The zero-order chi connectivity index (χ0) is 19.2. The van der Waals surface area contributed by atoms with Crippen molar-refractivity contribution in [2.24, 2.45) is 0 Å². The highest BCUT2D eigenvalue weighted by Crippen LogP contribution is 2.36. The van der Waals surface area contributed by atoms with Gasteiger partial charge < -0.3 is 9.47 Å². The van der Waals surface area contributed by atoms with Gasteiger partial charge in [-0.2, -0.15) is 8.42 Å². The average Bonchev–Trinajstić information content (AvgIpc) is 3.14. The van der Waals surface area contributed by atoms with Crippen LogP contribution < -0.4 is 4.74 Å². The van der Waals surface area contributed by atoms with E-state index in [1.807, 2.05) is 0 Å². The zero-order valence-corrected chi connectivity index (χ0v) is 15.3. The molecule has 9 heteroatoms. The molecule has 0 bridgehead atoms. The number of amides is 2. The van der Waals surface area contributed by atoms with Crippen molar-refractivity contribution in [3.8, 4) is 5.75 Å². The predicted molar refractivity (Wildman–Crippen MR) is 94.8 cm³/mol. The van der Waals surface area contributed by atoms with Gasteiger partial charge in [0.2, 0.25) is 0 Å². The number of nitrogens with zero attached hydrogens (tertiary/aromatic N) is 1. The van der Waals surface area contributed by atoms with Gasteiger partial charge in [0.05, 0.1) is 23.5 Å². The molecule has 0 saturated carbocycles. The fraction of sp³-hybridized carbons (Fsp3) is 0.333. The van der Waals surface area contributed by atoms with E-state index in [-0.39, 0.29) is 22.3 Å². The van der Waals surface area contributed by atoms with E-state index in [4.69, 9.17) is 9.47 Å². The van der Waals surface area contributed by atoms with Crippen molar-refractivity contribution >= 4 is 32.7 Å². The summed E-state index contributed by atoms with van der Waals surface area (Å²) in [6.07, 6.45) is 2.72. The number of rotatable bonds is 5. The third-order valence-electron chi connectivity index (χ3n) is 4.49. The Bertz CT molecular complexity index is 1020. The summed E-state index contributed by atoms with van der Waals surface area (Å²) < 4.78 is 38.8. The average molecular weight is 391 g/mol. The number of carbonyl (C=O) groups is 2. The van der Waals surface area contributed by atoms with E-state index in [1.54, 1.807) is 18.2 Å². The molecule has 2 aliphatic heterocycles. The number of ether oxygens (including phenoxy) is 2. The van der Waals surface area contributed by atoms with E-state index in [1.165, 1.54) is 12.1 Å². The molecule has 1 saturated heterocycles. The Labute approximate surface area is 155 Å². The summed E-state index contributed by atoms with van der Waals surface area (Å²) in [5.41, 5.74) is 0.349. The third kappa shape index (κ3) is 3.29. The second kappa shape index (κ2) is 6.59. The zero-order valence-electron chi connectivity index (χ0n) is 14.5. The van der Waals surface area contributed by atoms with E-state index in [0.29, 0.717) is 23.1 Å². The van der Waals surface area contributed by atoms with Gasteiger partial charge in [0.1, 0.15) is 12.4 Å². The summed E-state index contributed by atoms with van der Waals surface area (Å²) in [6, 6.07) is 8.05. The van der Waals surface area contributed by atoms with Crippen molar-refractivity contribution < 1.29 is 31.8 Å². The molecule has 0 radical (unpaired) electrons. The molecule has 2 aliphatic rings. The normalized spacial score (nSPS) is 19.7. The molecule has 2 amide bonds. The van der Waals surface area contributed by atoms with Crippen molar-refractivity contribution in [1.82, 2.24) is 5.06 Å². The van der Waals surface area contributed by atoms with Crippen LogP contribution in [0.2, 0.25) is 0 Å². The first-order chi connectivity index (χ1) is 12.8. The second-order valence-electron chi connectivity index (χ2n) is 6.47. The molecule has 2 aromatic rings. The predicted octanol–water partition coefficient (Wildman–Crippen LogP) is 1.88. The molecule has 1 fully saturated rings. The quantitative estimate of drug-likeness (QED) is 0.718. The van der Waals surface area contributed by atoms with Gasteiger partial charge in [-0.15, -0.1) is 9.35 Å². The molecule has 0 spiro atoms. The first-order valence-electron chi connectivity index (χ1n) is 8.43. The summed E-state index contributed by atoms with van der Waals surface area (Å²) in [4.78, 5) is 25.2. The van der Waals surface area contributed by atoms with E-state index in [2.05, 4.69) is 4.28 Å². The van der Waals surface area contributed by atoms with Gasteiger partial charge in [-0.3, -0.25) is 9.59 Å². The van der Waals surface area contributed by atoms with Crippen molar-refractivity contribution in [1.29, 1.82) is 0 Å². The highest BCUT2D eigenvalue weighted by atomic mass is 32.2. The van der Waals surface area contributed by atoms with Gasteiger partial charge in [0.15, 0.2) is 0 Å². The van der Waals surface area contributed by atoms with Crippen molar-refractivity contribution in [2.75, 3.05) is 19.5 Å². The van der Waals surface area contributed by atoms with E-state index < -0.39 is 21.9 Å². The van der Waals surface area contributed by atoms with Gasteiger partial charge in [0.25, 0.3) is 21.9 Å². The molecule has 0 aliphatic carbocycles. The SMILES string of the molecule is CS(=O)(=O)ON1C(=O)c2cccc3c(OCC4CCCO4)ccc(c23)C1=O. The molecule has 2 heterocycles. The minimum Gasteiger partial charge on any atom is -0.490 e. The van der Waals surface area contributed by atoms with Gasteiger partial charge >= 0.3 is 0 Å². The summed E-state index contributed by atoms with van der Waals surface area (Å²) >= 11 is 0. The first-order valence-corrected chi connectivity index (χ1v) is 10.3. The first kappa shape index (κ1) is 17.9. The van der Waals surface area contributed by atoms with Crippen LogP contribution in [0.5, 0.6) is 5.75 Å². The van der Waals surface area contributed by atoms with Crippen molar-refractivity contribution in [3.63, 3.8) is 0 Å². The van der Waals surface area contributed by atoms with Crippen LogP contribution in [-0.2, 0) is 19.1 Å². The summed E-state index contributed by atoms with van der Waals surface area (Å²) in [6.45, 7) is 1.10. The Morgan fingerprint density at radius 2 is 1.89 bits per heavy atom. The second-order valence-corrected chi connectivity index (χ2v) is 8.03. The van der Waals surface area contributed by atoms with Crippen LogP contribution in [0.25, 0.3) is 10.8 Å². The number of hydroxylamine groups is 2. The lowest BCUT2D eigenvalue weighted by Crippen LogP contribution is -2.41. The van der Waals surface area contributed by atoms with Crippen molar-refractivity contribution in [3.05, 3.63) is 41.5 Å². The monoisotopic (exact) mass is 391 g/mol. The Kier molecular flexibility index (Phi) is 4.37. The highest BCUT2D eigenvalue weighted by molar-refractivity contribution is 7.85. The standard InChI is InChI=1S/C18H17NO7S/c1-27(22,23)26-19-17(20)13-6-2-5-12-15(25-10-11-4-3-9-24-11)8-7-14(16(12)13)18(19)21/h2,5-8,11H,3-4,9-10H2,1H3. The number of imide groups is 1. The number of benzene rings is 2. The molecule has 0 aromatic heterocycles. The maximum absolute atomic E-state index is 12.6. The topological polar surface area (TPSA) is 99.2 Å². The van der Waals surface area contributed by atoms with Crippen LogP contribution in [0.1, 0.15) is 33.6 Å². The highest BCUT2D eigenvalue weighted by Gasteiger charge is 2.36. The maximum Gasteiger partial charge on any atom is 0.286 e. The summed E-state index contributed by atoms with van der Waals surface area (Å²) in [5.74, 6) is -1.14. The Hall–Kier alpha value is -2.49. The van der Waals surface area contributed by atoms with Gasteiger partial charge in [-0.05, 0) is 31.0 Å². The Morgan fingerprint density at radius 3 is 2.56 bits per heavy atom. The van der Waals surface area contributed by atoms with E-state index in [0.717, 1.165) is 25.7 Å². The number of hydrogen-bond donors (Lipinski definition) is 0. The lowest BCUT2D eigenvalue weighted by atomic mass is 9.94. The fourth-order valence-corrected chi connectivity index (χ4v) is 3.74. The van der Waals surface area contributed by atoms with Crippen LogP contribution in [-0.4, -0.2) is 50.9 Å².